The molecule has 2 spiro atoms. The Kier molecular flexibility index (Phi) is 6.74. The molecule has 236 valence electrons. The number of benzene rings is 2. The number of allylic oxidation sites excluding steroid dienone is 4. The summed E-state index contributed by atoms with van der Waals surface area (Å²) in [6.45, 7) is 3.29. The fraction of sp³-hybridized carbons (Fsp3) is 0.500. The molecule has 4 aliphatic carbocycles. The van der Waals surface area contributed by atoms with E-state index in [0.29, 0.717) is 25.4 Å². The molecule has 7 nitrogen and oxygen atoms in total. The minimum atomic E-state index is -1.74. The molecule has 2 saturated carbocycles. The first-order chi connectivity index (χ1) is 21.6. The third-order valence-electron chi connectivity index (χ3n) is 12.4. The Morgan fingerprint density at radius 3 is 2.18 bits per heavy atom. The van der Waals surface area contributed by atoms with E-state index in [0.717, 1.165) is 38.7 Å². The van der Waals surface area contributed by atoms with Crippen LogP contribution in [0.1, 0.15) is 69.4 Å². The normalized spacial score (nSPS) is 39.6. The number of carboxylic acid groups (broad SMARTS) is 1. The molecule has 8 atom stereocenters. The number of aromatic amines is 1. The topological polar surface area (TPSA) is 112 Å². The minimum Gasteiger partial charge on any atom is -0.479 e. The second kappa shape index (κ2) is 10.4. The van der Waals surface area contributed by atoms with E-state index in [1.807, 2.05) is 31.3 Å². The summed E-state index contributed by atoms with van der Waals surface area (Å²) < 4.78 is 11.8. The average molecular weight is 610 g/mol. The number of carbonyl (C=O) groups is 1. The van der Waals surface area contributed by atoms with Crippen molar-refractivity contribution in [3.05, 3.63) is 84.1 Å². The van der Waals surface area contributed by atoms with Crippen LogP contribution in [-0.4, -0.2) is 62.9 Å². The van der Waals surface area contributed by atoms with E-state index in [4.69, 9.17) is 9.47 Å². The highest BCUT2D eigenvalue weighted by molar-refractivity contribution is 5.85. The van der Waals surface area contributed by atoms with Crippen molar-refractivity contribution in [2.45, 2.75) is 81.7 Å². The molecule has 2 aromatic carbocycles. The van der Waals surface area contributed by atoms with Crippen molar-refractivity contribution in [2.75, 3.05) is 13.2 Å². The number of aliphatic carboxylic acids is 1. The molecule has 1 aromatic heterocycles. The van der Waals surface area contributed by atoms with E-state index in [-0.39, 0.29) is 29.3 Å². The fourth-order valence-corrected chi connectivity index (χ4v) is 9.63. The minimum absolute atomic E-state index is 0.00686. The molecule has 3 heterocycles. The Bertz CT molecular complexity index is 1690. The molecule has 6 aliphatic rings. The van der Waals surface area contributed by atoms with Gasteiger partial charge in [0.25, 0.3) is 0 Å². The molecule has 4 bridgehead atoms. The van der Waals surface area contributed by atoms with Crippen molar-refractivity contribution in [3.8, 4) is 0 Å². The van der Waals surface area contributed by atoms with E-state index >= 15 is 0 Å². The molecule has 4 fully saturated rings. The van der Waals surface area contributed by atoms with Crippen LogP contribution < -0.4 is 0 Å². The van der Waals surface area contributed by atoms with Gasteiger partial charge in [0.1, 0.15) is 0 Å². The van der Waals surface area contributed by atoms with Crippen LogP contribution in [-0.2, 0) is 14.3 Å². The van der Waals surface area contributed by atoms with Gasteiger partial charge in [-0.25, -0.2) is 4.79 Å². The van der Waals surface area contributed by atoms with Gasteiger partial charge in [-0.2, -0.15) is 0 Å². The Hall–Kier alpha value is -3.23. The van der Waals surface area contributed by atoms with Gasteiger partial charge in [-0.1, -0.05) is 48.6 Å². The third kappa shape index (κ3) is 4.57. The number of rotatable bonds is 3. The predicted molar refractivity (Wildman–Crippen MR) is 172 cm³/mol. The predicted octanol–water partition coefficient (Wildman–Crippen LogP) is 6.37. The lowest BCUT2D eigenvalue weighted by atomic mass is 9.72. The summed E-state index contributed by atoms with van der Waals surface area (Å²) in [4.78, 5) is 14.8. The van der Waals surface area contributed by atoms with Gasteiger partial charge < -0.3 is 29.8 Å². The van der Waals surface area contributed by atoms with Crippen molar-refractivity contribution in [2.24, 2.45) is 22.7 Å². The highest BCUT2D eigenvalue weighted by atomic mass is 16.5. The first kappa shape index (κ1) is 29.2. The largest absolute Gasteiger partial charge is 0.479 e. The molecule has 2 aliphatic heterocycles. The number of ether oxygens (including phenoxy) is 2. The molecule has 45 heavy (non-hydrogen) atoms. The molecular formula is C38H43NO6. The van der Waals surface area contributed by atoms with Crippen molar-refractivity contribution in [3.63, 3.8) is 0 Å². The van der Waals surface area contributed by atoms with Gasteiger partial charge in [0.05, 0.1) is 31.0 Å². The number of carboxylic acids is 1. The smallest absolute Gasteiger partial charge is 0.338 e. The molecule has 4 N–H and O–H groups in total. The maximum atomic E-state index is 11.5. The van der Waals surface area contributed by atoms with Gasteiger partial charge >= 0.3 is 5.97 Å². The Morgan fingerprint density at radius 2 is 1.47 bits per heavy atom. The Labute approximate surface area is 264 Å². The zero-order valence-corrected chi connectivity index (χ0v) is 25.9. The molecule has 0 amide bonds. The van der Waals surface area contributed by atoms with Crippen LogP contribution >= 0.6 is 0 Å². The number of hydrogen-bond acceptors (Lipinski definition) is 5. The first-order valence-corrected chi connectivity index (χ1v) is 16.6. The lowest BCUT2D eigenvalue weighted by Gasteiger charge is -2.32. The van der Waals surface area contributed by atoms with E-state index in [1.165, 1.54) is 33.2 Å². The van der Waals surface area contributed by atoms with Gasteiger partial charge in [-0.15, -0.1) is 0 Å². The van der Waals surface area contributed by atoms with Gasteiger partial charge in [-0.3, -0.25) is 0 Å². The maximum Gasteiger partial charge on any atom is 0.338 e. The lowest BCUT2D eigenvalue weighted by molar-refractivity contribution is -0.174. The SMILES string of the molecule is C[C@@]1(O)CC[C@H]2C(c3ccc4[nH]ccc4c3)=CC[C@@]23CO[C@@H]1C3.O=C(O)[C@@]1(O)CC[C@H]2C(c3ccccc3)=CC[C@@]23CO[C@@H]1C3. The highest BCUT2D eigenvalue weighted by Gasteiger charge is 2.60. The average Bonchev–Trinajstić information content (AvgIpc) is 3.86. The number of aromatic nitrogens is 1. The van der Waals surface area contributed by atoms with Crippen LogP contribution in [0, 0.1) is 22.7 Å². The molecule has 9 rings (SSSR count). The monoisotopic (exact) mass is 609 g/mol. The maximum absolute atomic E-state index is 11.5. The Morgan fingerprint density at radius 1 is 0.822 bits per heavy atom. The van der Waals surface area contributed by atoms with Crippen molar-refractivity contribution < 1.29 is 29.6 Å². The van der Waals surface area contributed by atoms with Crippen LogP contribution in [0.25, 0.3) is 22.0 Å². The summed E-state index contributed by atoms with van der Waals surface area (Å²) in [6, 6.07) is 19.1. The van der Waals surface area contributed by atoms with Gasteiger partial charge in [0, 0.05) is 22.5 Å². The third-order valence-corrected chi connectivity index (χ3v) is 12.4. The van der Waals surface area contributed by atoms with Crippen molar-refractivity contribution in [1.29, 1.82) is 0 Å². The van der Waals surface area contributed by atoms with Crippen LogP contribution in [0.15, 0.2) is 72.9 Å². The van der Waals surface area contributed by atoms with E-state index in [1.54, 1.807) is 0 Å². The second-order valence-corrected chi connectivity index (χ2v) is 14.9. The second-order valence-electron chi connectivity index (χ2n) is 14.9. The molecular weight excluding hydrogens is 566 g/mol. The number of hydrogen-bond donors (Lipinski definition) is 4. The van der Waals surface area contributed by atoms with Crippen LogP contribution in [0.4, 0.5) is 0 Å². The zero-order valence-electron chi connectivity index (χ0n) is 25.9. The summed E-state index contributed by atoms with van der Waals surface area (Å²) in [5.74, 6) is -0.370. The van der Waals surface area contributed by atoms with E-state index in [9.17, 15) is 20.1 Å². The van der Waals surface area contributed by atoms with Crippen LogP contribution in [0.2, 0.25) is 0 Å². The van der Waals surface area contributed by atoms with E-state index < -0.39 is 23.3 Å². The van der Waals surface area contributed by atoms with Crippen molar-refractivity contribution >= 4 is 28.0 Å². The fourth-order valence-electron chi connectivity index (χ4n) is 9.63. The number of nitrogens with one attached hydrogen (secondary N) is 1. The lowest BCUT2D eigenvalue weighted by Crippen LogP contribution is -2.49. The number of H-pyrrole nitrogens is 1. The molecule has 3 aromatic rings. The summed E-state index contributed by atoms with van der Waals surface area (Å²) in [5.41, 5.74) is 4.25. The highest BCUT2D eigenvalue weighted by Crippen LogP contribution is 2.60. The molecule has 7 heteroatoms. The number of aliphatic hydroxyl groups is 2. The summed E-state index contributed by atoms with van der Waals surface area (Å²) in [5, 5.41) is 32.0. The number of fused-ring (bicyclic) bond motifs is 3. The van der Waals surface area contributed by atoms with Crippen molar-refractivity contribution in [1.82, 2.24) is 4.98 Å². The molecule has 2 saturated heterocycles. The Balaban J connectivity index is 0.000000134. The van der Waals surface area contributed by atoms with Gasteiger partial charge in [0.2, 0.25) is 0 Å². The van der Waals surface area contributed by atoms with Crippen LogP contribution in [0.3, 0.4) is 0 Å². The quantitative estimate of drug-likeness (QED) is 0.275. The summed E-state index contributed by atoms with van der Waals surface area (Å²) in [6.07, 6.45) is 12.6. The van der Waals surface area contributed by atoms with Crippen LogP contribution in [0.5, 0.6) is 0 Å². The zero-order chi connectivity index (χ0) is 31.0. The molecule has 0 radical (unpaired) electrons. The van der Waals surface area contributed by atoms with Gasteiger partial charge in [0.15, 0.2) is 5.60 Å². The molecule has 0 unspecified atom stereocenters. The van der Waals surface area contributed by atoms with Gasteiger partial charge in [-0.05, 0) is 116 Å². The summed E-state index contributed by atoms with van der Waals surface area (Å²) in [7, 11) is 0. The first-order valence-electron chi connectivity index (χ1n) is 16.6. The summed E-state index contributed by atoms with van der Waals surface area (Å²) >= 11 is 0. The standard InChI is InChI=1S/C20H23NO2.C18H20O4/c1-19(22)7-5-16-15(4-8-20(16)11-18(19)23-12-20)13-2-3-17-14(10-13)6-9-21-17;19-16(20)18(21)9-7-14-13(12-4-2-1-3-5-12)6-8-17(14)10-15(18)22-11-17/h2-4,6,9-10,16,18,21-22H,5,7-8,11-12H2,1H3;1-6,14-15,21H,7-11H2,(H,19,20)/t16-,18+,19+,20+;14-,15+,17+,18+/m00/s1. The van der Waals surface area contributed by atoms with E-state index in [2.05, 4.69) is 53.5 Å².